The highest BCUT2D eigenvalue weighted by atomic mass is 15.1. The van der Waals surface area contributed by atoms with E-state index in [4.69, 9.17) is 0 Å². The molecule has 1 heteroatoms. The third-order valence-electron chi connectivity index (χ3n) is 2.85. The summed E-state index contributed by atoms with van der Waals surface area (Å²) in [6.07, 6.45) is 13.5. The summed E-state index contributed by atoms with van der Waals surface area (Å²) in [5.74, 6) is 0. The third kappa shape index (κ3) is 4.98. The van der Waals surface area contributed by atoms with Crippen LogP contribution in [-0.4, -0.2) is 24.5 Å². The second kappa shape index (κ2) is 7.47. The molecule has 1 aliphatic rings. The minimum Gasteiger partial charge on any atom is -0.303 e. The van der Waals surface area contributed by atoms with E-state index in [1.165, 1.54) is 50.9 Å². The van der Waals surface area contributed by atoms with Gasteiger partial charge in [-0.1, -0.05) is 30.9 Å². The molecule has 0 amide bonds. The van der Waals surface area contributed by atoms with Crippen LogP contribution in [0.4, 0.5) is 0 Å². The fourth-order valence-electron chi connectivity index (χ4n) is 2.10. The molecule has 0 bridgehead atoms. The first-order valence-electron chi connectivity index (χ1n) is 6.03. The van der Waals surface area contributed by atoms with Crippen molar-refractivity contribution in [3.05, 3.63) is 36.5 Å². The van der Waals surface area contributed by atoms with Gasteiger partial charge in [0.1, 0.15) is 0 Å². The fourth-order valence-corrected chi connectivity index (χ4v) is 2.10. The molecule has 0 saturated carbocycles. The first kappa shape index (κ1) is 12.3. The van der Waals surface area contributed by atoms with Gasteiger partial charge in [-0.2, -0.15) is 0 Å². The van der Waals surface area contributed by atoms with Gasteiger partial charge in [-0.25, -0.2) is 0 Å². The molecule has 0 aromatic rings. The minimum atomic E-state index is 1.17. The van der Waals surface area contributed by atoms with E-state index in [2.05, 4.69) is 36.6 Å². The van der Waals surface area contributed by atoms with Crippen LogP contribution >= 0.6 is 0 Å². The van der Waals surface area contributed by atoms with Crippen LogP contribution in [0.2, 0.25) is 0 Å². The molecule has 0 spiro atoms. The molecule has 0 aliphatic carbocycles. The van der Waals surface area contributed by atoms with Crippen molar-refractivity contribution >= 4 is 0 Å². The Bertz CT molecular complexity index is 232. The molecule has 0 atom stereocenters. The minimum absolute atomic E-state index is 1.17. The average molecular weight is 205 g/mol. The summed E-state index contributed by atoms with van der Waals surface area (Å²) >= 11 is 0. The highest BCUT2D eigenvalue weighted by Gasteiger charge is 2.10. The Morgan fingerprint density at radius 2 is 2.07 bits per heavy atom. The van der Waals surface area contributed by atoms with Crippen LogP contribution in [-0.2, 0) is 0 Å². The quantitative estimate of drug-likeness (QED) is 0.599. The third-order valence-corrected chi connectivity index (χ3v) is 2.85. The predicted molar refractivity (Wildman–Crippen MR) is 68.0 cm³/mol. The number of likely N-dealkylation sites (tertiary alicyclic amines) is 1. The smallest absolute Gasteiger partial charge is 0.00156 e. The molecular weight excluding hydrogens is 182 g/mol. The van der Waals surface area contributed by atoms with E-state index in [1.807, 2.05) is 6.08 Å². The van der Waals surface area contributed by atoms with Crippen molar-refractivity contribution in [2.75, 3.05) is 19.6 Å². The summed E-state index contributed by atoms with van der Waals surface area (Å²) in [6, 6.07) is 0. The summed E-state index contributed by atoms with van der Waals surface area (Å²) in [5, 5.41) is 0. The number of hydrogen-bond acceptors (Lipinski definition) is 1. The van der Waals surface area contributed by atoms with Crippen molar-refractivity contribution in [2.45, 2.75) is 32.6 Å². The van der Waals surface area contributed by atoms with Crippen LogP contribution in [0.1, 0.15) is 32.6 Å². The van der Waals surface area contributed by atoms with E-state index in [-0.39, 0.29) is 0 Å². The lowest BCUT2D eigenvalue weighted by atomic mass is 10.1. The molecule has 1 nitrogen and oxygen atoms in total. The second-order valence-corrected chi connectivity index (χ2v) is 4.13. The normalized spacial score (nSPS) is 18.9. The molecule has 1 heterocycles. The Hall–Kier alpha value is -0.820. The van der Waals surface area contributed by atoms with Gasteiger partial charge in [0, 0.05) is 0 Å². The molecule has 0 unspecified atom stereocenters. The van der Waals surface area contributed by atoms with E-state index in [9.17, 15) is 0 Å². The maximum absolute atomic E-state index is 3.75. The molecule has 1 rings (SSSR count). The number of allylic oxidation sites excluding steroid dienone is 5. The van der Waals surface area contributed by atoms with Gasteiger partial charge in [0.05, 0.1) is 0 Å². The summed E-state index contributed by atoms with van der Waals surface area (Å²) in [5.41, 5.74) is 1.40. The molecular formula is C14H23N. The zero-order chi connectivity index (χ0) is 10.9. The molecule has 0 radical (unpaired) electrons. The van der Waals surface area contributed by atoms with E-state index in [0.717, 1.165) is 0 Å². The Morgan fingerprint density at radius 3 is 2.67 bits per heavy atom. The van der Waals surface area contributed by atoms with Crippen molar-refractivity contribution in [1.82, 2.24) is 4.90 Å². The number of rotatable bonds is 6. The fraction of sp³-hybridized carbons (Fsp3) is 0.571. The van der Waals surface area contributed by atoms with Gasteiger partial charge in [0.15, 0.2) is 0 Å². The topological polar surface area (TPSA) is 3.24 Å². The number of nitrogens with zero attached hydrogens (tertiary/aromatic N) is 1. The molecule has 1 fully saturated rings. The van der Waals surface area contributed by atoms with Crippen molar-refractivity contribution < 1.29 is 0 Å². The van der Waals surface area contributed by atoms with Crippen LogP contribution in [0.15, 0.2) is 36.5 Å². The molecule has 15 heavy (non-hydrogen) atoms. The molecule has 1 aliphatic heterocycles. The van der Waals surface area contributed by atoms with Crippen molar-refractivity contribution in [2.24, 2.45) is 0 Å². The molecule has 84 valence electrons. The second-order valence-electron chi connectivity index (χ2n) is 4.13. The molecule has 0 aromatic heterocycles. The average Bonchev–Trinajstić information content (AvgIpc) is 2.71. The monoisotopic (exact) mass is 205 g/mol. The zero-order valence-electron chi connectivity index (χ0n) is 9.91. The highest BCUT2D eigenvalue weighted by Crippen LogP contribution is 2.12. The van der Waals surface area contributed by atoms with Gasteiger partial charge < -0.3 is 4.90 Å². The summed E-state index contributed by atoms with van der Waals surface area (Å²) in [6.45, 7) is 9.69. The van der Waals surface area contributed by atoms with E-state index in [0.29, 0.717) is 0 Å². The summed E-state index contributed by atoms with van der Waals surface area (Å²) in [4.78, 5) is 2.57. The van der Waals surface area contributed by atoms with E-state index in [1.54, 1.807) is 0 Å². The van der Waals surface area contributed by atoms with Crippen LogP contribution < -0.4 is 0 Å². The van der Waals surface area contributed by atoms with Gasteiger partial charge in [-0.15, -0.1) is 0 Å². The molecule has 0 N–H and O–H groups in total. The van der Waals surface area contributed by atoms with Crippen LogP contribution in [0.3, 0.4) is 0 Å². The molecule has 0 aromatic carbocycles. The Kier molecular flexibility index (Phi) is 6.10. The van der Waals surface area contributed by atoms with Crippen molar-refractivity contribution in [3.8, 4) is 0 Å². The lowest BCUT2D eigenvalue weighted by Gasteiger charge is -2.14. The van der Waals surface area contributed by atoms with Gasteiger partial charge in [0.25, 0.3) is 0 Å². The largest absolute Gasteiger partial charge is 0.303 e. The Morgan fingerprint density at radius 1 is 1.33 bits per heavy atom. The lowest BCUT2D eigenvalue weighted by Crippen LogP contribution is -2.20. The SMILES string of the molecule is C=C/C=C(\C=C/C)CCCN1CCCC1. The highest BCUT2D eigenvalue weighted by molar-refractivity contribution is 5.22. The van der Waals surface area contributed by atoms with Crippen LogP contribution in [0.5, 0.6) is 0 Å². The van der Waals surface area contributed by atoms with Crippen molar-refractivity contribution in [1.29, 1.82) is 0 Å². The first-order valence-corrected chi connectivity index (χ1v) is 6.03. The van der Waals surface area contributed by atoms with Gasteiger partial charge in [-0.3, -0.25) is 0 Å². The van der Waals surface area contributed by atoms with Gasteiger partial charge in [-0.05, 0) is 57.8 Å². The molecule has 1 saturated heterocycles. The van der Waals surface area contributed by atoms with Gasteiger partial charge >= 0.3 is 0 Å². The van der Waals surface area contributed by atoms with E-state index < -0.39 is 0 Å². The number of hydrogen-bond donors (Lipinski definition) is 0. The summed E-state index contributed by atoms with van der Waals surface area (Å²) < 4.78 is 0. The Labute approximate surface area is 94.2 Å². The van der Waals surface area contributed by atoms with Crippen LogP contribution in [0, 0.1) is 0 Å². The summed E-state index contributed by atoms with van der Waals surface area (Å²) in [7, 11) is 0. The maximum atomic E-state index is 3.75. The Balaban J connectivity index is 2.21. The van der Waals surface area contributed by atoms with E-state index >= 15 is 0 Å². The predicted octanol–water partition coefficient (Wildman–Crippen LogP) is 3.55. The van der Waals surface area contributed by atoms with Crippen molar-refractivity contribution in [3.63, 3.8) is 0 Å². The lowest BCUT2D eigenvalue weighted by molar-refractivity contribution is 0.334. The standard InChI is InChI=1S/C14H23N/c1-3-8-14(9-4-2)10-7-13-15-11-5-6-12-15/h3-4,8-9H,1,5-7,10-13H2,2H3/b9-4-,14-8+. The zero-order valence-corrected chi connectivity index (χ0v) is 9.91. The van der Waals surface area contributed by atoms with Gasteiger partial charge in [0.2, 0.25) is 0 Å². The first-order chi connectivity index (χ1) is 7.36. The van der Waals surface area contributed by atoms with Crippen LogP contribution in [0.25, 0.3) is 0 Å². The maximum Gasteiger partial charge on any atom is -0.00156 e.